The van der Waals surface area contributed by atoms with Gasteiger partial charge in [-0.2, -0.15) is 5.10 Å². The largest absolute Gasteiger partial charge is 0.711 e. The van der Waals surface area contributed by atoms with Crippen LogP contribution in [-0.2, 0) is 17.8 Å². The van der Waals surface area contributed by atoms with E-state index in [2.05, 4.69) is 15.2 Å². The molecule has 100 valence electrons. The van der Waals surface area contributed by atoms with Crippen LogP contribution in [0.2, 0.25) is 0 Å². The van der Waals surface area contributed by atoms with Crippen LogP contribution in [0, 0.1) is 5.21 Å². The smallest absolute Gasteiger partial charge is 0.359 e. The zero-order chi connectivity index (χ0) is 13.7. The van der Waals surface area contributed by atoms with E-state index in [4.69, 9.17) is 4.74 Å². The average molecular weight is 262 g/mol. The van der Waals surface area contributed by atoms with Crippen molar-refractivity contribution in [2.24, 2.45) is 0 Å². The molecule has 0 aliphatic rings. The number of hydrogen-bond acceptors (Lipinski definition) is 5. The lowest BCUT2D eigenvalue weighted by atomic mass is 10.2. The Labute approximate surface area is 109 Å². The number of rotatable bonds is 5. The Morgan fingerprint density at radius 1 is 1.58 bits per heavy atom. The summed E-state index contributed by atoms with van der Waals surface area (Å²) in [5.41, 5.74) is 1.09. The zero-order valence-corrected chi connectivity index (χ0v) is 10.5. The summed E-state index contributed by atoms with van der Waals surface area (Å²) < 4.78 is 5.54. The van der Waals surface area contributed by atoms with Crippen LogP contribution < -0.4 is 4.73 Å². The number of ether oxygens (including phenoxy) is 1. The second-order valence-electron chi connectivity index (χ2n) is 3.97. The van der Waals surface area contributed by atoms with E-state index in [0.717, 1.165) is 18.5 Å². The normalized spacial score (nSPS) is 10.4. The summed E-state index contributed by atoms with van der Waals surface area (Å²) in [6.45, 7) is 1.85. The third kappa shape index (κ3) is 3.27. The number of aryl methyl sites for hydroxylation is 1. The third-order valence-electron chi connectivity index (χ3n) is 2.48. The molecule has 0 bridgehead atoms. The molecule has 0 spiro atoms. The Kier molecular flexibility index (Phi) is 4.07. The number of nitrogens with zero attached hydrogens (tertiary/aromatic N) is 3. The average Bonchev–Trinajstić information content (AvgIpc) is 2.87. The molecule has 19 heavy (non-hydrogen) atoms. The number of carbonyl (C=O) groups excluding carboxylic acids is 1. The van der Waals surface area contributed by atoms with Crippen molar-refractivity contribution in [3.63, 3.8) is 0 Å². The molecule has 0 unspecified atom stereocenters. The van der Waals surface area contributed by atoms with Crippen LogP contribution in [-0.4, -0.2) is 21.2 Å². The molecule has 7 nitrogen and oxygen atoms in total. The van der Waals surface area contributed by atoms with Crippen LogP contribution in [0.4, 0.5) is 0 Å². The van der Waals surface area contributed by atoms with Gasteiger partial charge in [0.2, 0.25) is 0 Å². The van der Waals surface area contributed by atoms with Crippen molar-refractivity contribution in [3.05, 3.63) is 46.9 Å². The highest BCUT2D eigenvalue weighted by Gasteiger charge is 2.15. The topological polar surface area (TPSA) is 94.8 Å². The predicted octanol–water partition coefficient (Wildman–Crippen LogP) is 0.748. The number of hydrogen-bond donors (Lipinski definition) is 1. The highest BCUT2D eigenvalue weighted by Crippen LogP contribution is 2.05. The molecule has 2 rings (SSSR count). The zero-order valence-electron chi connectivity index (χ0n) is 10.5. The van der Waals surface area contributed by atoms with Gasteiger partial charge in [-0.3, -0.25) is 5.10 Å². The van der Waals surface area contributed by atoms with E-state index < -0.39 is 5.97 Å². The van der Waals surface area contributed by atoms with E-state index in [0.29, 0.717) is 4.73 Å². The summed E-state index contributed by atoms with van der Waals surface area (Å²) in [4.78, 5) is 15.5. The van der Waals surface area contributed by atoms with Crippen molar-refractivity contribution < 1.29 is 14.3 Å². The van der Waals surface area contributed by atoms with Gasteiger partial charge in [0.05, 0.1) is 6.20 Å². The molecule has 2 aromatic heterocycles. The lowest BCUT2D eigenvalue weighted by molar-refractivity contribution is -0.620. The third-order valence-corrected chi connectivity index (χ3v) is 2.48. The van der Waals surface area contributed by atoms with E-state index >= 15 is 0 Å². The number of nitrogens with one attached hydrogen (secondary N) is 1. The standard InChI is InChI=1S/C12H14N4O3/c1-2-4-9-7-10(15-14-9)12(17)19-8-11-13-5-3-6-16(11)18/h3,5-7H,2,4,8H2,1H3,(H,14,15). The molecule has 0 aliphatic carbocycles. The van der Waals surface area contributed by atoms with Gasteiger partial charge in [0.1, 0.15) is 6.20 Å². The van der Waals surface area contributed by atoms with E-state index in [1.165, 1.54) is 18.5 Å². The Bertz CT molecular complexity index is 568. The molecule has 0 saturated heterocycles. The summed E-state index contributed by atoms with van der Waals surface area (Å²) in [6.07, 6.45) is 4.54. The molecule has 0 aliphatic heterocycles. The lowest BCUT2D eigenvalue weighted by Crippen LogP contribution is -2.33. The Balaban J connectivity index is 1.95. The first-order valence-electron chi connectivity index (χ1n) is 5.95. The van der Waals surface area contributed by atoms with Crippen LogP contribution >= 0.6 is 0 Å². The highest BCUT2D eigenvalue weighted by atomic mass is 16.5. The summed E-state index contributed by atoms with van der Waals surface area (Å²) >= 11 is 0. The van der Waals surface area contributed by atoms with Crippen molar-refractivity contribution in [3.8, 4) is 0 Å². The van der Waals surface area contributed by atoms with Gasteiger partial charge >= 0.3 is 11.8 Å². The maximum Gasteiger partial charge on any atom is 0.359 e. The van der Waals surface area contributed by atoms with Crippen molar-refractivity contribution in [1.82, 2.24) is 15.2 Å². The maximum atomic E-state index is 11.7. The first-order valence-corrected chi connectivity index (χ1v) is 5.95. The number of H-pyrrole nitrogens is 1. The molecule has 2 heterocycles. The van der Waals surface area contributed by atoms with E-state index in [9.17, 15) is 10.0 Å². The molecule has 7 heteroatoms. The molecule has 0 radical (unpaired) electrons. The van der Waals surface area contributed by atoms with Gasteiger partial charge in [-0.05, 0) is 17.5 Å². The second-order valence-corrected chi connectivity index (χ2v) is 3.97. The van der Waals surface area contributed by atoms with Crippen LogP contribution in [0.3, 0.4) is 0 Å². The predicted molar refractivity (Wildman–Crippen MR) is 64.9 cm³/mol. The fraction of sp³-hybridized carbons (Fsp3) is 0.333. The van der Waals surface area contributed by atoms with Crippen LogP contribution in [0.15, 0.2) is 24.5 Å². The summed E-state index contributed by atoms with van der Waals surface area (Å²) in [7, 11) is 0. The molecule has 0 fully saturated rings. The maximum absolute atomic E-state index is 11.7. The van der Waals surface area contributed by atoms with E-state index in [1.807, 2.05) is 6.92 Å². The van der Waals surface area contributed by atoms with Gasteiger partial charge in [0.15, 0.2) is 12.3 Å². The second kappa shape index (κ2) is 5.94. The molecular formula is C12H14N4O3. The molecule has 0 atom stereocenters. The van der Waals surface area contributed by atoms with Crippen molar-refractivity contribution in [1.29, 1.82) is 0 Å². The first kappa shape index (κ1) is 13.0. The lowest BCUT2D eigenvalue weighted by Gasteiger charge is -2.04. The van der Waals surface area contributed by atoms with Crippen molar-refractivity contribution in [2.45, 2.75) is 26.4 Å². The van der Waals surface area contributed by atoms with E-state index in [1.54, 1.807) is 6.07 Å². The monoisotopic (exact) mass is 262 g/mol. The van der Waals surface area contributed by atoms with Gasteiger partial charge in [0, 0.05) is 11.8 Å². The molecule has 2 aromatic rings. The van der Waals surface area contributed by atoms with Crippen molar-refractivity contribution in [2.75, 3.05) is 0 Å². The highest BCUT2D eigenvalue weighted by molar-refractivity contribution is 5.87. The Morgan fingerprint density at radius 2 is 2.42 bits per heavy atom. The number of esters is 1. The van der Waals surface area contributed by atoms with Gasteiger partial charge in [-0.1, -0.05) is 13.3 Å². The minimum Gasteiger partial charge on any atom is -0.711 e. The molecule has 0 saturated carbocycles. The van der Waals surface area contributed by atoms with Gasteiger partial charge in [-0.15, -0.1) is 0 Å². The van der Waals surface area contributed by atoms with Crippen LogP contribution in [0.25, 0.3) is 0 Å². The van der Waals surface area contributed by atoms with Gasteiger partial charge in [0.25, 0.3) is 0 Å². The number of aromatic nitrogens is 4. The number of aromatic amines is 1. The number of carbonyl (C=O) groups is 1. The van der Waals surface area contributed by atoms with Crippen LogP contribution in [0.5, 0.6) is 0 Å². The minimum absolute atomic E-state index is 0.125. The van der Waals surface area contributed by atoms with Crippen LogP contribution in [0.1, 0.15) is 35.4 Å². The van der Waals surface area contributed by atoms with Crippen molar-refractivity contribution >= 4 is 5.97 Å². The Morgan fingerprint density at radius 3 is 3.16 bits per heavy atom. The first-order chi connectivity index (χ1) is 9.20. The molecule has 0 amide bonds. The van der Waals surface area contributed by atoms with E-state index in [-0.39, 0.29) is 18.1 Å². The minimum atomic E-state index is -0.579. The molecular weight excluding hydrogens is 248 g/mol. The fourth-order valence-electron chi connectivity index (χ4n) is 1.56. The fourth-order valence-corrected chi connectivity index (χ4v) is 1.56. The van der Waals surface area contributed by atoms with Gasteiger partial charge in [-0.25, -0.2) is 9.52 Å². The van der Waals surface area contributed by atoms with Gasteiger partial charge < -0.3 is 9.94 Å². The molecule has 0 aromatic carbocycles. The summed E-state index contributed by atoms with van der Waals surface area (Å²) in [6, 6.07) is 3.15. The molecule has 1 N–H and O–H groups in total. The Hall–Kier alpha value is -2.44. The summed E-state index contributed by atoms with van der Waals surface area (Å²) in [5, 5.41) is 17.9. The SMILES string of the molecule is CCCc1cc(C(=O)OCc2nccc[n+]2[O-])n[nH]1. The summed E-state index contributed by atoms with van der Waals surface area (Å²) in [5.74, 6) is -0.454. The quantitative estimate of drug-likeness (QED) is 0.487.